The van der Waals surface area contributed by atoms with E-state index in [4.69, 9.17) is 0 Å². The number of hydrogen-bond acceptors (Lipinski definition) is 1. The summed E-state index contributed by atoms with van der Waals surface area (Å²) in [7, 11) is 0. The lowest BCUT2D eigenvalue weighted by Crippen LogP contribution is -2.45. The van der Waals surface area contributed by atoms with Gasteiger partial charge in [-0.3, -0.25) is 0 Å². The fourth-order valence-electron chi connectivity index (χ4n) is 5.88. The van der Waals surface area contributed by atoms with Gasteiger partial charge in [0.1, 0.15) is 5.75 Å². The van der Waals surface area contributed by atoms with Crippen molar-refractivity contribution < 1.29 is 31.1 Å². The monoisotopic (exact) mass is 492 g/mol. The lowest BCUT2D eigenvalue weighted by molar-refractivity contribution is -0.304. The summed E-state index contributed by atoms with van der Waals surface area (Å²) >= 11 is 0. The third-order valence-corrected chi connectivity index (χ3v) is 8.02. The van der Waals surface area contributed by atoms with E-state index in [9.17, 15) is 26.3 Å². The largest absolute Gasteiger partial charge is 0.439 e. The van der Waals surface area contributed by atoms with Gasteiger partial charge in [-0.1, -0.05) is 64.0 Å². The Morgan fingerprint density at radius 3 is 1.76 bits per heavy atom. The second-order valence-electron chi connectivity index (χ2n) is 10.5. The van der Waals surface area contributed by atoms with E-state index >= 15 is 0 Å². The third kappa shape index (κ3) is 7.81. The molecule has 1 nitrogen and oxygen atoms in total. The summed E-state index contributed by atoms with van der Waals surface area (Å²) in [5, 5.41) is 0. The van der Waals surface area contributed by atoms with Crippen LogP contribution in [0, 0.1) is 23.7 Å². The Labute approximate surface area is 199 Å². The van der Waals surface area contributed by atoms with Crippen molar-refractivity contribution in [2.24, 2.45) is 23.7 Å². The number of aryl methyl sites for hydroxylation is 1. The highest BCUT2D eigenvalue weighted by Gasteiger charge is 2.59. The molecule has 0 heterocycles. The van der Waals surface area contributed by atoms with E-state index in [-0.39, 0.29) is 0 Å². The van der Waals surface area contributed by atoms with Crippen LogP contribution < -0.4 is 4.74 Å². The number of hydrogen-bond donors (Lipinski definition) is 0. The highest BCUT2D eigenvalue weighted by Crippen LogP contribution is 2.43. The van der Waals surface area contributed by atoms with Crippen LogP contribution in [0.4, 0.5) is 26.3 Å². The highest BCUT2D eigenvalue weighted by molar-refractivity contribution is 5.27. The molecule has 0 amide bonds. The molecule has 0 aliphatic heterocycles. The van der Waals surface area contributed by atoms with E-state index < -0.39 is 24.2 Å². The Balaban J connectivity index is 1.37. The van der Waals surface area contributed by atoms with Crippen LogP contribution in [0.15, 0.2) is 24.3 Å². The SMILES string of the molecule is CCCCC1CCC(C2CCC(CCc3ccc(OC(F)(F)C(F)C(F)(F)F)cc3)CC2)CC1. The summed E-state index contributed by atoms with van der Waals surface area (Å²) in [6, 6.07) is 5.49. The molecule has 0 aromatic heterocycles. The van der Waals surface area contributed by atoms with Gasteiger partial charge in [-0.05, 0) is 79.9 Å². The van der Waals surface area contributed by atoms with E-state index in [1.165, 1.54) is 82.8 Å². The third-order valence-electron chi connectivity index (χ3n) is 8.02. The number of rotatable bonds is 10. The van der Waals surface area contributed by atoms with Gasteiger partial charge in [-0.15, -0.1) is 0 Å². The molecule has 2 saturated carbocycles. The van der Waals surface area contributed by atoms with Crippen molar-refractivity contribution in [3.63, 3.8) is 0 Å². The first-order chi connectivity index (χ1) is 16.1. The molecule has 0 saturated heterocycles. The number of benzene rings is 1. The van der Waals surface area contributed by atoms with E-state index in [0.717, 1.165) is 36.2 Å². The fourth-order valence-corrected chi connectivity index (χ4v) is 5.88. The molecule has 3 rings (SSSR count). The Morgan fingerprint density at radius 2 is 1.29 bits per heavy atom. The second-order valence-corrected chi connectivity index (χ2v) is 10.5. The van der Waals surface area contributed by atoms with Crippen LogP contribution in [-0.2, 0) is 6.42 Å². The molecular formula is C27H38F6O. The zero-order valence-electron chi connectivity index (χ0n) is 20.1. The van der Waals surface area contributed by atoms with E-state index in [2.05, 4.69) is 11.7 Å². The molecule has 34 heavy (non-hydrogen) atoms. The van der Waals surface area contributed by atoms with Crippen molar-refractivity contribution in [2.75, 3.05) is 0 Å². The summed E-state index contributed by atoms with van der Waals surface area (Å²) in [6.45, 7) is 2.26. The molecule has 1 aromatic carbocycles. The van der Waals surface area contributed by atoms with Gasteiger partial charge in [-0.2, -0.15) is 22.0 Å². The van der Waals surface area contributed by atoms with Crippen molar-refractivity contribution in [3.8, 4) is 5.75 Å². The Kier molecular flexibility index (Phi) is 9.62. The average Bonchev–Trinajstić information content (AvgIpc) is 2.82. The number of unbranched alkanes of at least 4 members (excludes halogenated alkanes) is 1. The zero-order chi connectivity index (χ0) is 24.8. The van der Waals surface area contributed by atoms with Crippen LogP contribution in [0.25, 0.3) is 0 Å². The Bertz CT molecular complexity index is 716. The molecular weight excluding hydrogens is 454 g/mol. The van der Waals surface area contributed by atoms with Gasteiger partial charge >= 0.3 is 12.3 Å². The normalized spacial score (nSPS) is 27.4. The van der Waals surface area contributed by atoms with Gasteiger partial charge in [-0.25, -0.2) is 4.39 Å². The van der Waals surface area contributed by atoms with Crippen LogP contribution in [-0.4, -0.2) is 18.5 Å². The summed E-state index contributed by atoms with van der Waals surface area (Å²) < 4.78 is 80.5. The van der Waals surface area contributed by atoms with Crippen molar-refractivity contribution in [2.45, 2.75) is 109 Å². The van der Waals surface area contributed by atoms with Crippen molar-refractivity contribution in [1.29, 1.82) is 0 Å². The molecule has 0 radical (unpaired) electrons. The molecule has 0 spiro atoms. The minimum Gasteiger partial charge on any atom is -0.430 e. The average molecular weight is 493 g/mol. The number of alkyl halides is 6. The summed E-state index contributed by atoms with van der Waals surface area (Å²) in [5.74, 6) is 2.86. The predicted molar refractivity (Wildman–Crippen MR) is 122 cm³/mol. The quantitative estimate of drug-likeness (QED) is 0.296. The maximum absolute atomic E-state index is 13.4. The van der Waals surface area contributed by atoms with Crippen molar-refractivity contribution in [3.05, 3.63) is 29.8 Å². The van der Waals surface area contributed by atoms with Gasteiger partial charge in [0.15, 0.2) is 0 Å². The van der Waals surface area contributed by atoms with Gasteiger partial charge < -0.3 is 4.74 Å². The molecule has 0 N–H and O–H groups in total. The number of halogens is 6. The summed E-state index contributed by atoms with van der Waals surface area (Å²) in [6.07, 6.45) is 1.44. The predicted octanol–water partition coefficient (Wildman–Crippen LogP) is 9.29. The molecule has 0 bridgehead atoms. The molecule has 2 fully saturated rings. The first kappa shape index (κ1) is 27.2. The van der Waals surface area contributed by atoms with E-state index in [1.54, 1.807) is 12.1 Å². The van der Waals surface area contributed by atoms with Crippen molar-refractivity contribution >= 4 is 0 Å². The summed E-state index contributed by atoms with van der Waals surface area (Å²) in [5.41, 5.74) is 0.913. The van der Waals surface area contributed by atoms with Gasteiger partial charge in [0.2, 0.25) is 0 Å². The van der Waals surface area contributed by atoms with E-state index in [1.807, 2.05) is 0 Å². The standard InChI is InChI=1S/C27H38F6O/c1-2-3-4-19-7-13-22(14-8-19)23-15-9-20(10-16-23)5-6-21-11-17-24(18-12-21)34-27(32,33)25(28)26(29,30)31/h11-12,17-20,22-23,25H,2-10,13-16H2,1H3. The van der Waals surface area contributed by atoms with Crippen molar-refractivity contribution in [1.82, 2.24) is 0 Å². The molecule has 2 aliphatic rings. The van der Waals surface area contributed by atoms with Crippen LogP contribution in [0.1, 0.15) is 89.5 Å². The number of ether oxygens (including phenoxy) is 1. The van der Waals surface area contributed by atoms with E-state index in [0.29, 0.717) is 5.92 Å². The van der Waals surface area contributed by atoms with Crippen LogP contribution in [0.2, 0.25) is 0 Å². The minimum atomic E-state index is -5.68. The molecule has 7 heteroatoms. The van der Waals surface area contributed by atoms with Gasteiger partial charge in [0.05, 0.1) is 0 Å². The van der Waals surface area contributed by atoms with Crippen LogP contribution in [0.5, 0.6) is 5.75 Å². The first-order valence-electron chi connectivity index (χ1n) is 12.9. The maximum Gasteiger partial charge on any atom is 0.439 e. The Hall–Kier alpha value is -1.40. The topological polar surface area (TPSA) is 9.23 Å². The lowest BCUT2D eigenvalue weighted by atomic mass is 9.68. The van der Waals surface area contributed by atoms with Crippen LogP contribution in [0.3, 0.4) is 0 Å². The lowest BCUT2D eigenvalue weighted by Gasteiger charge is -2.38. The molecule has 1 atom stereocenters. The second kappa shape index (κ2) is 12.0. The summed E-state index contributed by atoms with van der Waals surface area (Å²) in [4.78, 5) is 0. The maximum atomic E-state index is 13.4. The Morgan fingerprint density at radius 1 is 0.794 bits per heavy atom. The molecule has 2 aliphatic carbocycles. The van der Waals surface area contributed by atoms with Crippen LogP contribution >= 0.6 is 0 Å². The van der Waals surface area contributed by atoms with Gasteiger partial charge in [0, 0.05) is 0 Å². The fraction of sp³-hybridized carbons (Fsp3) is 0.778. The molecule has 1 aromatic rings. The van der Waals surface area contributed by atoms with Gasteiger partial charge in [0.25, 0.3) is 6.17 Å². The smallest absolute Gasteiger partial charge is 0.430 e. The first-order valence-corrected chi connectivity index (χ1v) is 12.9. The zero-order valence-corrected chi connectivity index (χ0v) is 20.1. The molecule has 1 unspecified atom stereocenters. The highest BCUT2D eigenvalue weighted by atomic mass is 19.4. The minimum absolute atomic E-state index is 0.481. The molecule has 194 valence electrons.